The predicted molar refractivity (Wildman–Crippen MR) is 60.1 cm³/mol. The quantitative estimate of drug-likeness (QED) is 0.773. The van der Waals surface area contributed by atoms with E-state index in [0.717, 1.165) is 0 Å². The Morgan fingerprint density at radius 1 is 1.60 bits per heavy atom. The molecular formula is C10H18N4O. The third kappa shape index (κ3) is 3.06. The predicted octanol–water partition coefficient (Wildman–Crippen LogP) is 0.659. The lowest BCUT2D eigenvalue weighted by atomic mass is 10.3. The van der Waals surface area contributed by atoms with Crippen LogP contribution < -0.4 is 15.4 Å². The van der Waals surface area contributed by atoms with Crippen LogP contribution in [0.2, 0.25) is 0 Å². The van der Waals surface area contributed by atoms with E-state index < -0.39 is 0 Å². The molecule has 1 aromatic rings. The molecule has 84 valence electrons. The molecule has 0 fully saturated rings. The molecular weight excluding hydrogens is 192 g/mol. The number of likely N-dealkylation sites (N-methyl/N-ethyl adjacent to an activating group) is 1. The molecule has 2 N–H and O–H groups in total. The maximum absolute atomic E-state index is 5.58. The van der Waals surface area contributed by atoms with Crippen LogP contribution >= 0.6 is 0 Å². The fourth-order valence-electron chi connectivity index (χ4n) is 1.09. The maximum atomic E-state index is 5.58. The number of hydrogen-bond acceptors (Lipinski definition) is 5. The monoisotopic (exact) mass is 210 g/mol. The van der Waals surface area contributed by atoms with Crippen molar-refractivity contribution in [3.8, 4) is 5.88 Å². The van der Waals surface area contributed by atoms with E-state index in [0.29, 0.717) is 25.0 Å². The standard InChI is InChI=1S/C10H18N4O/c1-4-15-9-5-6-12-10(13-9)14(3)8(2)7-11/h5-6,8H,4,7,11H2,1-3H3. The number of rotatable bonds is 5. The minimum absolute atomic E-state index is 0.210. The highest BCUT2D eigenvalue weighted by Crippen LogP contribution is 2.12. The first-order valence-electron chi connectivity index (χ1n) is 5.07. The molecule has 0 bridgehead atoms. The minimum atomic E-state index is 0.210. The van der Waals surface area contributed by atoms with Gasteiger partial charge in [-0.3, -0.25) is 0 Å². The average molecular weight is 210 g/mol. The lowest BCUT2D eigenvalue weighted by molar-refractivity contribution is 0.326. The highest BCUT2D eigenvalue weighted by Gasteiger charge is 2.11. The van der Waals surface area contributed by atoms with Gasteiger partial charge in [-0.15, -0.1) is 0 Å². The van der Waals surface area contributed by atoms with Crippen molar-refractivity contribution in [2.45, 2.75) is 19.9 Å². The fourth-order valence-corrected chi connectivity index (χ4v) is 1.09. The number of nitrogens with two attached hydrogens (primary N) is 1. The molecule has 5 nitrogen and oxygen atoms in total. The summed E-state index contributed by atoms with van der Waals surface area (Å²) >= 11 is 0. The van der Waals surface area contributed by atoms with Crippen LogP contribution in [0.5, 0.6) is 5.88 Å². The van der Waals surface area contributed by atoms with E-state index in [2.05, 4.69) is 9.97 Å². The largest absolute Gasteiger partial charge is 0.478 e. The normalized spacial score (nSPS) is 12.3. The van der Waals surface area contributed by atoms with Crippen LogP contribution in [0, 0.1) is 0 Å². The van der Waals surface area contributed by atoms with Crippen molar-refractivity contribution in [3.63, 3.8) is 0 Å². The fraction of sp³-hybridized carbons (Fsp3) is 0.600. The second kappa shape index (κ2) is 5.50. The van der Waals surface area contributed by atoms with Crippen LogP contribution in [0.3, 0.4) is 0 Å². The molecule has 0 spiro atoms. The summed E-state index contributed by atoms with van der Waals surface area (Å²) in [6.45, 7) is 5.12. The van der Waals surface area contributed by atoms with Crippen LogP contribution in [-0.2, 0) is 0 Å². The van der Waals surface area contributed by atoms with Gasteiger partial charge < -0.3 is 15.4 Å². The molecule has 1 rings (SSSR count). The first kappa shape index (κ1) is 11.7. The summed E-state index contributed by atoms with van der Waals surface area (Å²) in [5, 5.41) is 0. The van der Waals surface area contributed by atoms with E-state index in [-0.39, 0.29) is 6.04 Å². The molecule has 1 heterocycles. The van der Waals surface area contributed by atoms with Gasteiger partial charge >= 0.3 is 0 Å². The Kier molecular flexibility index (Phi) is 4.30. The summed E-state index contributed by atoms with van der Waals surface area (Å²) in [7, 11) is 1.92. The van der Waals surface area contributed by atoms with E-state index in [1.54, 1.807) is 12.3 Å². The molecule has 1 atom stereocenters. The maximum Gasteiger partial charge on any atom is 0.228 e. The van der Waals surface area contributed by atoms with Gasteiger partial charge in [-0.1, -0.05) is 0 Å². The van der Waals surface area contributed by atoms with Crippen molar-refractivity contribution >= 4 is 5.95 Å². The summed E-state index contributed by atoms with van der Waals surface area (Å²) in [6.07, 6.45) is 1.69. The molecule has 0 aliphatic heterocycles. The van der Waals surface area contributed by atoms with Gasteiger partial charge in [0.05, 0.1) is 6.61 Å². The minimum Gasteiger partial charge on any atom is -0.478 e. The Hall–Kier alpha value is -1.36. The SMILES string of the molecule is CCOc1ccnc(N(C)C(C)CN)n1. The Morgan fingerprint density at radius 2 is 2.33 bits per heavy atom. The summed E-state index contributed by atoms with van der Waals surface area (Å²) in [4.78, 5) is 10.4. The number of hydrogen-bond donors (Lipinski definition) is 1. The molecule has 0 aliphatic rings. The topological polar surface area (TPSA) is 64.3 Å². The van der Waals surface area contributed by atoms with E-state index >= 15 is 0 Å². The van der Waals surface area contributed by atoms with Crippen molar-refractivity contribution < 1.29 is 4.74 Å². The van der Waals surface area contributed by atoms with Crippen LogP contribution in [0.4, 0.5) is 5.95 Å². The molecule has 0 saturated carbocycles. The van der Waals surface area contributed by atoms with Gasteiger partial charge in [-0.25, -0.2) is 4.98 Å². The van der Waals surface area contributed by atoms with Gasteiger partial charge in [0.1, 0.15) is 0 Å². The van der Waals surface area contributed by atoms with Crippen molar-refractivity contribution in [3.05, 3.63) is 12.3 Å². The van der Waals surface area contributed by atoms with Crippen LogP contribution in [0.25, 0.3) is 0 Å². The van der Waals surface area contributed by atoms with E-state index in [4.69, 9.17) is 10.5 Å². The third-order valence-electron chi connectivity index (χ3n) is 2.23. The van der Waals surface area contributed by atoms with Gasteiger partial charge in [0.15, 0.2) is 0 Å². The zero-order chi connectivity index (χ0) is 11.3. The number of aromatic nitrogens is 2. The van der Waals surface area contributed by atoms with Crippen LogP contribution in [-0.4, -0.2) is 36.2 Å². The highest BCUT2D eigenvalue weighted by atomic mass is 16.5. The number of anilines is 1. The smallest absolute Gasteiger partial charge is 0.228 e. The van der Waals surface area contributed by atoms with Crippen molar-refractivity contribution in [1.29, 1.82) is 0 Å². The lowest BCUT2D eigenvalue weighted by Gasteiger charge is -2.23. The summed E-state index contributed by atoms with van der Waals surface area (Å²) in [6, 6.07) is 1.95. The van der Waals surface area contributed by atoms with E-state index in [1.165, 1.54) is 0 Å². The number of ether oxygens (including phenoxy) is 1. The summed E-state index contributed by atoms with van der Waals surface area (Å²) in [5.41, 5.74) is 5.58. The van der Waals surface area contributed by atoms with Crippen molar-refractivity contribution in [2.24, 2.45) is 5.73 Å². The Morgan fingerprint density at radius 3 is 2.93 bits per heavy atom. The van der Waals surface area contributed by atoms with Gasteiger partial charge in [0, 0.05) is 31.9 Å². The van der Waals surface area contributed by atoms with Gasteiger partial charge in [-0.05, 0) is 13.8 Å². The van der Waals surface area contributed by atoms with Gasteiger partial charge in [-0.2, -0.15) is 4.98 Å². The Balaban J connectivity index is 2.80. The summed E-state index contributed by atoms with van der Waals surface area (Å²) in [5.74, 6) is 1.23. The highest BCUT2D eigenvalue weighted by molar-refractivity contribution is 5.32. The molecule has 0 aliphatic carbocycles. The lowest BCUT2D eigenvalue weighted by Crippen LogP contribution is -2.36. The number of nitrogens with zero attached hydrogens (tertiary/aromatic N) is 3. The van der Waals surface area contributed by atoms with E-state index in [1.807, 2.05) is 25.8 Å². The first-order valence-corrected chi connectivity index (χ1v) is 5.07. The zero-order valence-electron chi connectivity index (χ0n) is 9.47. The van der Waals surface area contributed by atoms with Crippen molar-refractivity contribution in [2.75, 3.05) is 25.1 Å². The molecule has 1 aromatic heterocycles. The van der Waals surface area contributed by atoms with Gasteiger partial charge in [0.25, 0.3) is 0 Å². The van der Waals surface area contributed by atoms with E-state index in [9.17, 15) is 0 Å². The first-order chi connectivity index (χ1) is 7.19. The summed E-state index contributed by atoms with van der Waals surface area (Å²) < 4.78 is 5.30. The molecule has 0 radical (unpaired) electrons. The average Bonchev–Trinajstić information content (AvgIpc) is 2.28. The van der Waals surface area contributed by atoms with Crippen LogP contribution in [0.15, 0.2) is 12.3 Å². The molecule has 0 amide bonds. The van der Waals surface area contributed by atoms with Crippen molar-refractivity contribution in [1.82, 2.24) is 9.97 Å². The molecule has 0 saturated heterocycles. The third-order valence-corrected chi connectivity index (χ3v) is 2.23. The molecule has 0 aromatic carbocycles. The molecule has 15 heavy (non-hydrogen) atoms. The van der Waals surface area contributed by atoms with Crippen LogP contribution in [0.1, 0.15) is 13.8 Å². The molecule has 5 heteroatoms. The second-order valence-electron chi connectivity index (χ2n) is 3.32. The van der Waals surface area contributed by atoms with Gasteiger partial charge in [0.2, 0.25) is 11.8 Å². The molecule has 1 unspecified atom stereocenters. The zero-order valence-corrected chi connectivity index (χ0v) is 9.47. The Bertz CT molecular complexity index is 305. The Labute approximate surface area is 90.3 Å². The second-order valence-corrected chi connectivity index (χ2v) is 3.32.